The Bertz CT molecular complexity index is 336. The first-order valence-electron chi connectivity index (χ1n) is 5.52. The van der Waals surface area contributed by atoms with Crippen LogP contribution in [0.2, 0.25) is 0 Å². The fourth-order valence-electron chi connectivity index (χ4n) is 1.21. The van der Waals surface area contributed by atoms with Crippen molar-refractivity contribution < 1.29 is 4.79 Å². The van der Waals surface area contributed by atoms with Gasteiger partial charge in [-0.1, -0.05) is 13.8 Å². The van der Waals surface area contributed by atoms with Gasteiger partial charge < -0.3 is 11.1 Å². The summed E-state index contributed by atoms with van der Waals surface area (Å²) in [7, 11) is 0. The van der Waals surface area contributed by atoms with Crippen molar-refractivity contribution in [2.24, 2.45) is 11.7 Å². The normalized spacial score (nSPS) is 10.8. The number of carbonyl (C=O) groups is 1. The first-order valence-corrected chi connectivity index (χ1v) is 6.39. The van der Waals surface area contributed by atoms with E-state index in [0.717, 1.165) is 23.7 Å². The molecule has 0 aliphatic carbocycles. The molecule has 0 aliphatic heterocycles. The molecule has 0 aliphatic rings. The third-order valence-electron chi connectivity index (χ3n) is 2.01. The topological polar surface area (TPSA) is 68.0 Å². The van der Waals surface area contributed by atoms with Crippen molar-refractivity contribution in [3.8, 4) is 0 Å². The Balaban J connectivity index is 2.37. The number of amides is 1. The van der Waals surface area contributed by atoms with Crippen LogP contribution in [0.15, 0.2) is 5.38 Å². The van der Waals surface area contributed by atoms with Crippen molar-refractivity contribution in [1.82, 2.24) is 10.3 Å². The van der Waals surface area contributed by atoms with Crippen LogP contribution >= 0.6 is 11.3 Å². The Kier molecular flexibility index (Phi) is 5.42. The summed E-state index contributed by atoms with van der Waals surface area (Å²) < 4.78 is 0. The molecule has 1 heterocycles. The SMILES string of the molecule is CC(C)CNC(=O)Cc1csc(CCN)n1. The number of hydrogen-bond acceptors (Lipinski definition) is 4. The van der Waals surface area contributed by atoms with Crippen molar-refractivity contribution in [2.45, 2.75) is 26.7 Å². The highest BCUT2D eigenvalue weighted by atomic mass is 32.1. The summed E-state index contributed by atoms with van der Waals surface area (Å²) in [5, 5.41) is 5.81. The molecule has 0 fully saturated rings. The van der Waals surface area contributed by atoms with Gasteiger partial charge in [-0.2, -0.15) is 0 Å². The van der Waals surface area contributed by atoms with Crippen LogP contribution in [0, 0.1) is 5.92 Å². The number of thiazole rings is 1. The summed E-state index contributed by atoms with van der Waals surface area (Å²) in [4.78, 5) is 15.9. The first kappa shape index (κ1) is 13.1. The van der Waals surface area contributed by atoms with Crippen LogP contribution in [0.25, 0.3) is 0 Å². The lowest BCUT2D eigenvalue weighted by molar-refractivity contribution is -0.120. The van der Waals surface area contributed by atoms with Crippen LogP contribution < -0.4 is 11.1 Å². The maximum Gasteiger partial charge on any atom is 0.226 e. The zero-order valence-corrected chi connectivity index (χ0v) is 10.6. The fourth-order valence-corrected chi connectivity index (χ4v) is 2.03. The van der Waals surface area contributed by atoms with Crippen LogP contribution in [-0.4, -0.2) is 24.0 Å². The monoisotopic (exact) mass is 241 g/mol. The van der Waals surface area contributed by atoms with E-state index in [1.54, 1.807) is 11.3 Å². The number of hydrogen-bond donors (Lipinski definition) is 2. The molecule has 0 bridgehead atoms. The Labute approximate surface area is 100 Å². The van der Waals surface area contributed by atoms with Gasteiger partial charge in [0.05, 0.1) is 17.1 Å². The van der Waals surface area contributed by atoms with E-state index in [-0.39, 0.29) is 5.91 Å². The van der Waals surface area contributed by atoms with E-state index in [2.05, 4.69) is 24.1 Å². The second kappa shape index (κ2) is 6.60. The van der Waals surface area contributed by atoms with Gasteiger partial charge in [-0.25, -0.2) is 4.98 Å². The Morgan fingerprint density at radius 3 is 3.00 bits per heavy atom. The van der Waals surface area contributed by atoms with Crippen molar-refractivity contribution in [3.63, 3.8) is 0 Å². The van der Waals surface area contributed by atoms with Crippen molar-refractivity contribution >= 4 is 17.2 Å². The summed E-state index contributed by atoms with van der Waals surface area (Å²) in [6.07, 6.45) is 1.16. The molecule has 0 saturated heterocycles. The highest BCUT2D eigenvalue weighted by molar-refractivity contribution is 7.09. The van der Waals surface area contributed by atoms with E-state index in [4.69, 9.17) is 5.73 Å². The van der Waals surface area contributed by atoms with E-state index in [0.29, 0.717) is 18.9 Å². The number of nitrogens with zero attached hydrogens (tertiary/aromatic N) is 1. The van der Waals surface area contributed by atoms with Crippen molar-refractivity contribution in [1.29, 1.82) is 0 Å². The Hall–Kier alpha value is -0.940. The third kappa shape index (κ3) is 4.72. The molecule has 0 spiro atoms. The van der Waals surface area contributed by atoms with E-state index in [1.165, 1.54) is 0 Å². The lowest BCUT2D eigenvalue weighted by atomic mass is 10.2. The van der Waals surface area contributed by atoms with E-state index < -0.39 is 0 Å². The average Bonchev–Trinajstić information content (AvgIpc) is 2.63. The predicted molar refractivity (Wildman–Crippen MR) is 66.4 cm³/mol. The van der Waals surface area contributed by atoms with Gasteiger partial charge in [0, 0.05) is 18.3 Å². The minimum atomic E-state index is 0.0401. The second-order valence-corrected chi connectivity index (χ2v) is 5.09. The predicted octanol–water partition coefficient (Wildman–Crippen LogP) is 0.959. The molecule has 16 heavy (non-hydrogen) atoms. The summed E-state index contributed by atoms with van der Waals surface area (Å²) in [5.41, 5.74) is 6.28. The molecule has 90 valence electrons. The zero-order chi connectivity index (χ0) is 12.0. The lowest BCUT2D eigenvalue weighted by Crippen LogP contribution is -2.28. The zero-order valence-electron chi connectivity index (χ0n) is 9.82. The molecule has 1 rings (SSSR count). The van der Waals surface area contributed by atoms with Gasteiger partial charge in [0.15, 0.2) is 0 Å². The van der Waals surface area contributed by atoms with Crippen LogP contribution in [0.1, 0.15) is 24.5 Å². The lowest BCUT2D eigenvalue weighted by Gasteiger charge is -2.06. The average molecular weight is 241 g/mol. The van der Waals surface area contributed by atoms with Gasteiger partial charge in [-0.15, -0.1) is 11.3 Å². The largest absolute Gasteiger partial charge is 0.356 e. The molecule has 0 saturated carbocycles. The van der Waals surface area contributed by atoms with Gasteiger partial charge >= 0.3 is 0 Å². The number of nitrogens with one attached hydrogen (secondary N) is 1. The summed E-state index contributed by atoms with van der Waals surface area (Å²) in [6.45, 7) is 5.47. The van der Waals surface area contributed by atoms with E-state index in [1.807, 2.05) is 5.38 Å². The first-order chi connectivity index (χ1) is 7.61. The maximum absolute atomic E-state index is 11.5. The summed E-state index contributed by atoms with van der Waals surface area (Å²) >= 11 is 1.57. The van der Waals surface area contributed by atoms with Gasteiger partial charge in [0.1, 0.15) is 0 Å². The number of carbonyl (C=O) groups excluding carboxylic acids is 1. The summed E-state index contributed by atoms with van der Waals surface area (Å²) in [6, 6.07) is 0. The van der Waals surface area contributed by atoms with Crippen LogP contribution in [-0.2, 0) is 17.6 Å². The molecule has 0 radical (unpaired) electrons. The van der Waals surface area contributed by atoms with Gasteiger partial charge in [-0.3, -0.25) is 4.79 Å². The number of aromatic nitrogens is 1. The van der Waals surface area contributed by atoms with Crippen LogP contribution in [0.3, 0.4) is 0 Å². The van der Waals surface area contributed by atoms with Gasteiger partial charge in [-0.05, 0) is 12.5 Å². The molecular weight excluding hydrogens is 222 g/mol. The molecule has 1 aromatic heterocycles. The third-order valence-corrected chi connectivity index (χ3v) is 2.96. The molecule has 1 amide bonds. The maximum atomic E-state index is 11.5. The number of nitrogens with two attached hydrogens (primary N) is 1. The van der Waals surface area contributed by atoms with Gasteiger partial charge in [0.2, 0.25) is 5.91 Å². The molecule has 5 heteroatoms. The van der Waals surface area contributed by atoms with E-state index in [9.17, 15) is 4.79 Å². The molecule has 0 aromatic carbocycles. The molecule has 0 unspecified atom stereocenters. The van der Waals surface area contributed by atoms with Crippen molar-refractivity contribution in [2.75, 3.05) is 13.1 Å². The second-order valence-electron chi connectivity index (χ2n) is 4.15. The molecule has 1 aromatic rings. The Morgan fingerprint density at radius 2 is 2.38 bits per heavy atom. The molecule has 4 nitrogen and oxygen atoms in total. The standard InChI is InChI=1S/C11H19N3OS/c1-8(2)6-13-10(15)5-9-7-16-11(14-9)3-4-12/h7-8H,3-6,12H2,1-2H3,(H,13,15). The quantitative estimate of drug-likeness (QED) is 0.779. The molecular formula is C11H19N3OS. The minimum absolute atomic E-state index is 0.0401. The minimum Gasteiger partial charge on any atom is -0.356 e. The summed E-state index contributed by atoms with van der Waals surface area (Å²) in [5.74, 6) is 0.519. The van der Waals surface area contributed by atoms with E-state index >= 15 is 0 Å². The van der Waals surface area contributed by atoms with Crippen molar-refractivity contribution in [3.05, 3.63) is 16.1 Å². The highest BCUT2D eigenvalue weighted by Gasteiger charge is 2.07. The molecule has 3 N–H and O–H groups in total. The molecule has 0 atom stereocenters. The van der Waals surface area contributed by atoms with Crippen LogP contribution in [0.5, 0.6) is 0 Å². The Morgan fingerprint density at radius 1 is 1.62 bits per heavy atom. The fraction of sp³-hybridized carbons (Fsp3) is 0.636. The highest BCUT2D eigenvalue weighted by Crippen LogP contribution is 2.10. The van der Waals surface area contributed by atoms with Crippen LogP contribution in [0.4, 0.5) is 0 Å². The number of rotatable bonds is 6. The van der Waals surface area contributed by atoms with Gasteiger partial charge in [0.25, 0.3) is 0 Å². The smallest absolute Gasteiger partial charge is 0.226 e.